The van der Waals surface area contributed by atoms with Crippen LogP contribution in [0.25, 0.3) is 4.91 Å². The zero-order chi connectivity index (χ0) is 20.0. The van der Waals surface area contributed by atoms with E-state index in [0.717, 1.165) is 22.5 Å². The number of hydroxylamine groups is 2. The van der Waals surface area contributed by atoms with Crippen LogP contribution in [0.5, 0.6) is 5.75 Å². The Balaban J connectivity index is 2.31. The summed E-state index contributed by atoms with van der Waals surface area (Å²) >= 11 is 1.19. The molecule has 144 valence electrons. The Labute approximate surface area is 162 Å². The Hall–Kier alpha value is -2.32. The maximum absolute atomic E-state index is 13.3. The molecule has 0 aliphatic rings. The number of hydrogen-bond acceptors (Lipinski definition) is 5. The number of benzene rings is 2. The van der Waals surface area contributed by atoms with E-state index < -0.39 is 4.92 Å². The molecule has 0 saturated carbocycles. The van der Waals surface area contributed by atoms with Gasteiger partial charge in [-0.2, -0.15) is 5.43 Å². The van der Waals surface area contributed by atoms with Crippen molar-refractivity contribution in [3.63, 3.8) is 0 Å². The highest BCUT2D eigenvalue weighted by molar-refractivity contribution is 8.11. The van der Waals surface area contributed by atoms with E-state index in [0.29, 0.717) is 5.69 Å². The van der Waals surface area contributed by atoms with E-state index in [-0.39, 0.29) is 16.6 Å². The molecular formula is C20H24FN2O3S+. The van der Waals surface area contributed by atoms with Crippen molar-refractivity contribution in [1.82, 2.24) is 0 Å². The van der Waals surface area contributed by atoms with Gasteiger partial charge in [0.05, 0.1) is 10.6 Å². The number of phenols is 1. The quantitative estimate of drug-likeness (QED) is 0.269. The monoisotopic (exact) mass is 391 g/mol. The van der Waals surface area contributed by atoms with Crippen molar-refractivity contribution in [2.45, 2.75) is 27.2 Å². The first-order valence-electron chi connectivity index (χ1n) is 8.49. The second-order valence-electron chi connectivity index (χ2n) is 5.96. The zero-order valence-corrected chi connectivity index (χ0v) is 16.3. The highest BCUT2D eigenvalue weighted by Gasteiger charge is 2.32. The van der Waals surface area contributed by atoms with E-state index >= 15 is 0 Å². The summed E-state index contributed by atoms with van der Waals surface area (Å²) in [6.07, 6.45) is 2.35. The Morgan fingerprint density at radius 3 is 2.22 bits per heavy atom. The maximum Gasteiger partial charge on any atom is 0.262 e. The molecule has 5 nitrogen and oxygen atoms in total. The van der Waals surface area contributed by atoms with Gasteiger partial charge in [-0.05, 0) is 80.1 Å². The molecule has 2 aromatic rings. The molecule has 0 fully saturated rings. The molecule has 27 heavy (non-hydrogen) atoms. The summed E-state index contributed by atoms with van der Waals surface area (Å²) in [7, 11) is 0. The number of nitrogens with zero attached hydrogens (tertiary/aromatic N) is 1. The third kappa shape index (κ3) is 5.58. The lowest BCUT2D eigenvalue weighted by Gasteiger charge is -2.24. The fraction of sp³-hybridized carbons (Fsp3) is 0.200. The largest absolute Gasteiger partial charge is 0.508 e. The van der Waals surface area contributed by atoms with Gasteiger partial charge in [0.25, 0.3) is 5.03 Å². The lowest BCUT2D eigenvalue weighted by atomic mass is 10.1. The first-order valence-corrected chi connectivity index (χ1v) is 9.30. The number of thioether (sulfide) groups is 1. The van der Waals surface area contributed by atoms with E-state index in [2.05, 4.69) is 5.43 Å². The Morgan fingerprint density at radius 2 is 1.70 bits per heavy atom. The third-order valence-electron chi connectivity index (χ3n) is 3.94. The first kappa shape index (κ1) is 21.0. The van der Waals surface area contributed by atoms with Crippen LogP contribution < -0.4 is 5.43 Å². The van der Waals surface area contributed by atoms with Crippen LogP contribution in [0, 0.1) is 5.82 Å². The summed E-state index contributed by atoms with van der Waals surface area (Å²) in [5.41, 5.74) is 4.83. The minimum absolute atomic E-state index is 0.0789. The average Bonchev–Trinajstić information content (AvgIpc) is 2.64. The van der Waals surface area contributed by atoms with E-state index in [9.17, 15) is 19.9 Å². The summed E-state index contributed by atoms with van der Waals surface area (Å²) in [6.45, 7) is 5.66. The van der Waals surface area contributed by atoms with E-state index in [1.54, 1.807) is 25.1 Å². The number of quaternary nitrogens is 1. The number of anilines is 1. The minimum Gasteiger partial charge on any atom is -0.508 e. The summed E-state index contributed by atoms with van der Waals surface area (Å²) in [4.78, 5) is -0.739. The van der Waals surface area contributed by atoms with Crippen molar-refractivity contribution in [3.8, 4) is 5.75 Å². The van der Waals surface area contributed by atoms with Gasteiger partial charge in [-0.15, -0.1) is 10.4 Å². The predicted molar refractivity (Wildman–Crippen MR) is 106 cm³/mol. The zero-order valence-electron chi connectivity index (χ0n) is 15.5. The van der Waals surface area contributed by atoms with Gasteiger partial charge in [-0.3, -0.25) is 0 Å². The fourth-order valence-electron chi connectivity index (χ4n) is 2.33. The molecule has 0 unspecified atom stereocenters. The van der Waals surface area contributed by atoms with Crippen molar-refractivity contribution < 1.29 is 24.8 Å². The molecule has 7 heteroatoms. The molecule has 0 atom stereocenters. The number of allylic oxidation sites excluding steroid dienone is 2. The van der Waals surface area contributed by atoms with Gasteiger partial charge in [0, 0.05) is 4.91 Å². The lowest BCUT2D eigenvalue weighted by Crippen LogP contribution is -2.44. The number of halogens is 1. The van der Waals surface area contributed by atoms with Gasteiger partial charge in [-0.1, -0.05) is 24.6 Å². The summed E-state index contributed by atoms with van der Waals surface area (Å²) in [5.74, 6) is -0.248. The van der Waals surface area contributed by atoms with Crippen LogP contribution in [-0.4, -0.2) is 20.4 Å². The standard InChI is InChI=1S/C20H23FN2O3S/c1-4-14(3)20(15-6-8-16(21)9-7-15)27-19(5-2)23(25,26)22-17-10-12-18(24)13-11-17/h5-13,22,25-26H,4H2,1-3H3/p+1/b19-5-,20-14?. The van der Waals surface area contributed by atoms with Gasteiger partial charge in [0.1, 0.15) is 11.6 Å². The van der Waals surface area contributed by atoms with Crippen molar-refractivity contribution in [1.29, 1.82) is 0 Å². The molecular weight excluding hydrogens is 367 g/mol. The second kappa shape index (κ2) is 9.05. The van der Waals surface area contributed by atoms with Crippen molar-refractivity contribution >= 4 is 22.4 Å². The van der Waals surface area contributed by atoms with E-state index in [1.165, 1.54) is 48.2 Å². The van der Waals surface area contributed by atoms with Gasteiger partial charge >= 0.3 is 0 Å². The summed E-state index contributed by atoms with van der Waals surface area (Å²) in [6, 6.07) is 12.0. The maximum atomic E-state index is 13.3. The van der Waals surface area contributed by atoms with Crippen LogP contribution in [0.3, 0.4) is 0 Å². The first-order chi connectivity index (χ1) is 12.8. The normalized spacial score (nSPS) is 13.3. The third-order valence-corrected chi connectivity index (χ3v) is 5.43. The fourth-order valence-corrected chi connectivity index (χ4v) is 3.40. The molecule has 4 N–H and O–H groups in total. The molecule has 2 rings (SSSR count). The Morgan fingerprint density at radius 1 is 1.11 bits per heavy atom. The lowest BCUT2D eigenvalue weighted by molar-refractivity contribution is -1.20. The number of aromatic hydroxyl groups is 1. The predicted octanol–water partition coefficient (Wildman–Crippen LogP) is 5.89. The Bertz CT molecular complexity index is 831. The van der Waals surface area contributed by atoms with Gasteiger partial charge < -0.3 is 5.11 Å². The van der Waals surface area contributed by atoms with Gasteiger partial charge in [-0.25, -0.2) is 4.39 Å². The molecule has 0 bridgehead atoms. The number of hydrogen-bond donors (Lipinski definition) is 4. The highest BCUT2D eigenvalue weighted by atomic mass is 32.2. The average molecular weight is 391 g/mol. The van der Waals surface area contributed by atoms with E-state index in [1.807, 2.05) is 13.8 Å². The SMILES string of the molecule is C/C=C(\SC(=C(C)CC)c1ccc(F)cc1)[N+](O)(O)Nc1ccc(O)cc1. The molecule has 0 spiro atoms. The molecule has 0 aromatic heterocycles. The molecule has 0 radical (unpaired) electrons. The molecule has 0 aliphatic heterocycles. The van der Waals surface area contributed by atoms with Gasteiger partial charge in [0.15, 0.2) is 0 Å². The van der Waals surface area contributed by atoms with Gasteiger partial charge in [0.2, 0.25) is 0 Å². The minimum atomic E-state index is -1.56. The van der Waals surface area contributed by atoms with Crippen molar-refractivity contribution in [2.75, 3.05) is 5.43 Å². The second-order valence-corrected chi connectivity index (χ2v) is 6.99. The topological polar surface area (TPSA) is 72.7 Å². The van der Waals surface area contributed by atoms with E-state index in [4.69, 9.17) is 0 Å². The molecule has 0 amide bonds. The van der Waals surface area contributed by atoms with Crippen LogP contribution in [0.1, 0.15) is 32.8 Å². The Kier molecular flexibility index (Phi) is 7.04. The molecule has 0 heterocycles. The number of rotatable bonds is 7. The van der Waals surface area contributed by atoms with Crippen LogP contribution >= 0.6 is 11.8 Å². The number of nitrogens with one attached hydrogen (secondary N) is 1. The smallest absolute Gasteiger partial charge is 0.262 e. The number of phenolic OH excluding ortho intramolecular Hbond substituents is 1. The summed E-state index contributed by atoms with van der Waals surface area (Å²) in [5, 5.41) is 30.7. The molecule has 0 saturated heterocycles. The molecule has 0 aliphatic carbocycles. The summed E-state index contributed by atoms with van der Waals surface area (Å²) < 4.78 is 13.3. The highest BCUT2D eigenvalue weighted by Crippen LogP contribution is 2.40. The van der Waals surface area contributed by atoms with Crippen LogP contribution in [0.4, 0.5) is 10.1 Å². The van der Waals surface area contributed by atoms with Crippen LogP contribution in [0.2, 0.25) is 0 Å². The van der Waals surface area contributed by atoms with Crippen molar-refractivity contribution in [3.05, 3.63) is 76.6 Å². The van der Waals surface area contributed by atoms with Crippen molar-refractivity contribution in [2.24, 2.45) is 0 Å². The van der Waals surface area contributed by atoms with Crippen LogP contribution in [0.15, 0.2) is 65.2 Å². The molecule has 2 aromatic carbocycles. The van der Waals surface area contributed by atoms with Crippen LogP contribution in [-0.2, 0) is 0 Å².